The summed E-state index contributed by atoms with van der Waals surface area (Å²) in [5.41, 5.74) is 0. The molecule has 0 aromatic heterocycles. The SMILES string of the molecule is CC(NS(=O)(=O)CCC(=O)O)C(=O)N1CCCCC1. The standard InChI is InChI=1S/C11H20N2O5S/c1-9(11(16)13-6-3-2-4-7-13)12-19(17,18)8-5-10(14)15/h9,12H,2-8H2,1H3,(H,14,15). The second kappa shape index (κ2) is 6.85. The molecule has 19 heavy (non-hydrogen) atoms. The van der Waals surface area contributed by atoms with Crippen molar-refractivity contribution in [2.45, 2.75) is 38.6 Å². The highest BCUT2D eigenvalue weighted by atomic mass is 32.2. The van der Waals surface area contributed by atoms with Gasteiger partial charge in [-0.2, -0.15) is 0 Å². The molecule has 0 aromatic carbocycles. The van der Waals surface area contributed by atoms with E-state index in [1.54, 1.807) is 4.90 Å². The van der Waals surface area contributed by atoms with Gasteiger partial charge < -0.3 is 10.0 Å². The van der Waals surface area contributed by atoms with E-state index in [2.05, 4.69) is 4.72 Å². The van der Waals surface area contributed by atoms with Crippen LogP contribution in [0.1, 0.15) is 32.6 Å². The van der Waals surface area contributed by atoms with E-state index in [0.717, 1.165) is 19.3 Å². The number of likely N-dealkylation sites (tertiary alicyclic amines) is 1. The van der Waals surface area contributed by atoms with Crippen LogP contribution in [0.5, 0.6) is 0 Å². The summed E-state index contributed by atoms with van der Waals surface area (Å²) in [4.78, 5) is 24.0. The van der Waals surface area contributed by atoms with Gasteiger partial charge in [-0.05, 0) is 26.2 Å². The van der Waals surface area contributed by atoms with Crippen LogP contribution in [0.25, 0.3) is 0 Å². The molecule has 0 saturated carbocycles. The molecule has 1 heterocycles. The van der Waals surface area contributed by atoms with Gasteiger partial charge in [0, 0.05) is 13.1 Å². The minimum atomic E-state index is -3.74. The number of carbonyl (C=O) groups excluding carboxylic acids is 1. The first-order chi connectivity index (χ1) is 8.82. The van der Waals surface area contributed by atoms with Gasteiger partial charge in [0.25, 0.3) is 0 Å². The van der Waals surface area contributed by atoms with E-state index in [9.17, 15) is 18.0 Å². The molecule has 1 aliphatic rings. The van der Waals surface area contributed by atoms with Crippen LogP contribution in [-0.4, -0.2) is 55.2 Å². The molecule has 0 radical (unpaired) electrons. The van der Waals surface area contributed by atoms with E-state index >= 15 is 0 Å². The molecule has 2 N–H and O–H groups in total. The van der Waals surface area contributed by atoms with E-state index < -0.39 is 34.2 Å². The predicted octanol–water partition coefficient (Wildman–Crippen LogP) is -0.218. The Morgan fingerprint density at radius 2 is 1.84 bits per heavy atom. The maximum Gasteiger partial charge on any atom is 0.304 e. The second-order valence-electron chi connectivity index (χ2n) is 4.69. The van der Waals surface area contributed by atoms with Crippen molar-refractivity contribution in [2.24, 2.45) is 0 Å². The molecule has 110 valence electrons. The van der Waals surface area contributed by atoms with Crippen molar-refractivity contribution in [3.8, 4) is 0 Å². The van der Waals surface area contributed by atoms with E-state index in [-0.39, 0.29) is 5.91 Å². The number of hydrogen-bond donors (Lipinski definition) is 2. The molecule has 1 atom stereocenters. The molecule has 1 unspecified atom stereocenters. The van der Waals surface area contributed by atoms with Crippen molar-refractivity contribution in [1.82, 2.24) is 9.62 Å². The first kappa shape index (κ1) is 15.9. The number of sulfonamides is 1. The number of piperidine rings is 1. The molecule has 0 spiro atoms. The van der Waals surface area contributed by atoms with Crippen LogP contribution in [0.4, 0.5) is 0 Å². The Balaban J connectivity index is 2.50. The third-order valence-electron chi connectivity index (χ3n) is 2.98. The molecule has 1 saturated heterocycles. The number of nitrogens with zero attached hydrogens (tertiary/aromatic N) is 1. The molecule has 0 aromatic rings. The summed E-state index contributed by atoms with van der Waals surface area (Å²) in [5, 5.41) is 8.46. The molecule has 0 aliphatic carbocycles. The molecular weight excluding hydrogens is 272 g/mol. The molecule has 1 fully saturated rings. The van der Waals surface area contributed by atoms with Gasteiger partial charge in [0.2, 0.25) is 15.9 Å². The van der Waals surface area contributed by atoms with E-state index in [1.165, 1.54) is 6.92 Å². The molecule has 7 nitrogen and oxygen atoms in total. The average Bonchev–Trinajstić information content (AvgIpc) is 2.36. The van der Waals surface area contributed by atoms with Gasteiger partial charge in [-0.1, -0.05) is 0 Å². The molecule has 1 amide bonds. The highest BCUT2D eigenvalue weighted by Crippen LogP contribution is 2.10. The lowest BCUT2D eigenvalue weighted by Crippen LogP contribution is -2.48. The number of rotatable bonds is 6. The lowest BCUT2D eigenvalue weighted by atomic mass is 10.1. The Morgan fingerprint density at radius 3 is 2.37 bits per heavy atom. The van der Waals surface area contributed by atoms with Crippen LogP contribution < -0.4 is 4.72 Å². The predicted molar refractivity (Wildman–Crippen MR) is 69.1 cm³/mol. The highest BCUT2D eigenvalue weighted by Gasteiger charge is 2.25. The molecule has 1 rings (SSSR count). The van der Waals surface area contributed by atoms with E-state index in [0.29, 0.717) is 13.1 Å². The van der Waals surface area contributed by atoms with Gasteiger partial charge in [0.1, 0.15) is 0 Å². The van der Waals surface area contributed by atoms with Crippen molar-refractivity contribution in [1.29, 1.82) is 0 Å². The largest absolute Gasteiger partial charge is 0.481 e. The monoisotopic (exact) mass is 292 g/mol. The van der Waals surface area contributed by atoms with E-state index in [4.69, 9.17) is 5.11 Å². The fourth-order valence-corrected chi connectivity index (χ4v) is 3.19. The third kappa shape index (κ3) is 5.56. The lowest BCUT2D eigenvalue weighted by molar-refractivity contribution is -0.136. The van der Waals surface area contributed by atoms with Gasteiger partial charge in [-0.3, -0.25) is 9.59 Å². The summed E-state index contributed by atoms with van der Waals surface area (Å²) >= 11 is 0. The zero-order chi connectivity index (χ0) is 14.5. The Labute approximate surface area is 113 Å². The molecule has 0 bridgehead atoms. The molecule has 8 heteroatoms. The lowest BCUT2D eigenvalue weighted by Gasteiger charge is -2.29. The summed E-state index contributed by atoms with van der Waals surface area (Å²) in [6, 6.07) is -0.850. The zero-order valence-corrected chi connectivity index (χ0v) is 11.8. The number of hydrogen-bond acceptors (Lipinski definition) is 4. The number of amides is 1. The highest BCUT2D eigenvalue weighted by molar-refractivity contribution is 7.89. The van der Waals surface area contributed by atoms with Crippen molar-refractivity contribution >= 4 is 21.9 Å². The Hall–Kier alpha value is -1.15. The number of carboxylic acid groups (broad SMARTS) is 1. The maximum absolute atomic E-state index is 12.0. The Morgan fingerprint density at radius 1 is 1.26 bits per heavy atom. The van der Waals surface area contributed by atoms with Crippen molar-refractivity contribution in [2.75, 3.05) is 18.8 Å². The summed E-state index contributed by atoms with van der Waals surface area (Å²) in [6.07, 6.45) is 2.48. The maximum atomic E-state index is 12.0. The number of carbonyl (C=O) groups is 2. The Kier molecular flexibility index (Phi) is 5.74. The van der Waals surface area contributed by atoms with Gasteiger partial charge >= 0.3 is 5.97 Å². The number of aliphatic carboxylic acids is 1. The summed E-state index contributed by atoms with van der Waals surface area (Å²) in [5.74, 6) is -1.95. The van der Waals surface area contributed by atoms with E-state index in [1.807, 2.05) is 0 Å². The van der Waals surface area contributed by atoms with Gasteiger partial charge in [0.15, 0.2) is 0 Å². The minimum Gasteiger partial charge on any atom is -0.481 e. The van der Waals surface area contributed by atoms with Crippen LogP contribution in [0.2, 0.25) is 0 Å². The topological polar surface area (TPSA) is 104 Å². The van der Waals surface area contributed by atoms with Gasteiger partial charge in [-0.15, -0.1) is 0 Å². The van der Waals surface area contributed by atoms with Crippen LogP contribution in [0, 0.1) is 0 Å². The van der Waals surface area contributed by atoms with Crippen molar-refractivity contribution < 1.29 is 23.1 Å². The summed E-state index contributed by atoms with van der Waals surface area (Å²) < 4.78 is 25.4. The van der Waals surface area contributed by atoms with Crippen molar-refractivity contribution in [3.63, 3.8) is 0 Å². The Bertz CT molecular complexity index is 428. The minimum absolute atomic E-state index is 0.251. The zero-order valence-electron chi connectivity index (χ0n) is 11.0. The number of nitrogens with one attached hydrogen (secondary N) is 1. The number of carboxylic acids is 1. The van der Waals surface area contributed by atoms with Crippen LogP contribution in [-0.2, 0) is 19.6 Å². The average molecular weight is 292 g/mol. The van der Waals surface area contributed by atoms with Crippen LogP contribution in [0.3, 0.4) is 0 Å². The molecule has 1 aliphatic heterocycles. The van der Waals surface area contributed by atoms with Crippen molar-refractivity contribution in [3.05, 3.63) is 0 Å². The first-order valence-electron chi connectivity index (χ1n) is 6.32. The van der Waals surface area contributed by atoms with Gasteiger partial charge in [-0.25, -0.2) is 13.1 Å². The van der Waals surface area contributed by atoms with Crippen LogP contribution in [0.15, 0.2) is 0 Å². The normalized spacial score (nSPS) is 18.1. The van der Waals surface area contributed by atoms with Crippen LogP contribution >= 0.6 is 0 Å². The quantitative estimate of drug-likeness (QED) is 0.704. The summed E-state index contributed by atoms with van der Waals surface area (Å²) in [7, 11) is -3.74. The summed E-state index contributed by atoms with van der Waals surface area (Å²) in [6.45, 7) is 2.79. The fraction of sp³-hybridized carbons (Fsp3) is 0.818. The smallest absolute Gasteiger partial charge is 0.304 e. The molecular formula is C11H20N2O5S. The third-order valence-corrected chi connectivity index (χ3v) is 4.43. The first-order valence-corrected chi connectivity index (χ1v) is 7.97. The fourth-order valence-electron chi connectivity index (χ4n) is 1.99. The van der Waals surface area contributed by atoms with Gasteiger partial charge in [0.05, 0.1) is 18.2 Å². The second-order valence-corrected chi connectivity index (χ2v) is 6.56.